The van der Waals surface area contributed by atoms with Crippen LogP contribution >= 0.6 is 0 Å². The molecule has 1 unspecified atom stereocenters. The standard InChI is InChI=1S/C20H19F3N6O4/c1-19(12-26-11-17(29(30)31)25-18(26)33-19)27-4-6-28(7-5-27)24-10-15-9-13-8-14(20(21,22)23)2-3-16(13)32-15/h2-3,8-11H,4-7,12H2,1H3/b24-10+. The minimum atomic E-state index is -4.41. The predicted octanol–water partition coefficient (Wildman–Crippen LogP) is 3.32. The number of nitro groups is 1. The average molecular weight is 464 g/mol. The van der Waals surface area contributed by atoms with Crippen molar-refractivity contribution < 1.29 is 27.2 Å². The molecule has 2 aromatic heterocycles. The van der Waals surface area contributed by atoms with Crippen LogP contribution in [0.15, 0.2) is 40.0 Å². The van der Waals surface area contributed by atoms with Gasteiger partial charge in [0.05, 0.1) is 18.3 Å². The molecule has 0 bridgehead atoms. The number of imidazole rings is 1. The van der Waals surface area contributed by atoms with E-state index in [1.54, 1.807) is 4.57 Å². The summed E-state index contributed by atoms with van der Waals surface area (Å²) in [5.74, 6) is 0.122. The van der Waals surface area contributed by atoms with Crippen LogP contribution in [0.3, 0.4) is 0 Å². The molecule has 174 valence electrons. The summed E-state index contributed by atoms with van der Waals surface area (Å²) >= 11 is 0. The molecular formula is C20H19F3N6O4. The predicted molar refractivity (Wildman–Crippen MR) is 110 cm³/mol. The Labute approximate surface area is 185 Å². The first-order valence-corrected chi connectivity index (χ1v) is 10.2. The molecular weight excluding hydrogens is 445 g/mol. The van der Waals surface area contributed by atoms with Crippen LogP contribution in [0.25, 0.3) is 11.0 Å². The van der Waals surface area contributed by atoms with Crippen molar-refractivity contribution in [1.82, 2.24) is 19.5 Å². The molecule has 2 aliphatic rings. The van der Waals surface area contributed by atoms with Crippen molar-refractivity contribution in [2.45, 2.75) is 25.4 Å². The Balaban J connectivity index is 1.20. The molecule has 10 nitrogen and oxygen atoms in total. The first-order chi connectivity index (χ1) is 15.6. The van der Waals surface area contributed by atoms with Crippen LogP contribution in [0.4, 0.5) is 19.0 Å². The minimum absolute atomic E-state index is 0.225. The Morgan fingerprint density at radius 1 is 1.24 bits per heavy atom. The van der Waals surface area contributed by atoms with Gasteiger partial charge in [0.25, 0.3) is 0 Å². The minimum Gasteiger partial charge on any atom is -0.455 e. The van der Waals surface area contributed by atoms with Gasteiger partial charge in [0.15, 0.2) is 5.72 Å². The summed E-state index contributed by atoms with van der Waals surface area (Å²) < 4.78 is 51.8. The van der Waals surface area contributed by atoms with Crippen molar-refractivity contribution in [1.29, 1.82) is 0 Å². The number of piperazine rings is 1. The smallest absolute Gasteiger partial charge is 0.416 e. The number of fused-ring (bicyclic) bond motifs is 2. The zero-order valence-electron chi connectivity index (χ0n) is 17.4. The van der Waals surface area contributed by atoms with E-state index in [0.717, 1.165) is 12.1 Å². The Kier molecular flexibility index (Phi) is 4.81. The molecule has 1 atom stereocenters. The normalized spacial score (nSPS) is 21.6. The van der Waals surface area contributed by atoms with Crippen molar-refractivity contribution in [2.24, 2.45) is 5.10 Å². The summed E-state index contributed by atoms with van der Waals surface area (Å²) in [5, 5.41) is 17.5. The zero-order chi connectivity index (χ0) is 23.4. The number of rotatable bonds is 4. The topological polar surface area (TPSA) is 102 Å². The lowest BCUT2D eigenvalue weighted by Gasteiger charge is -2.41. The first-order valence-electron chi connectivity index (χ1n) is 10.2. The molecule has 1 aromatic carbocycles. The molecule has 0 saturated carbocycles. The number of furan rings is 1. The van der Waals surface area contributed by atoms with Crippen LogP contribution in [-0.2, 0) is 12.7 Å². The molecule has 0 spiro atoms. The van der Waals surface area contributed by atoms with E-state index in [1.165, 1.54) is 24.5 Å². The Bertz CT molecular complexity index is 1220. The van der Waals surface area contributed by atoms with Crippen molar-refractivity contribution in [3.8, 4) is 6.01 Å². The van der Waals surface area contributed by atoms with E-state index in [0.29, 0.717) is 49.5 Å². The van der Waals surface area contributed by atoms with Gasteiger partial charge in [0.2, 0.25) is 0 Å². The van der Waals surface area contributed by atoms with Crippen molar-refractivity contribution in [3.63, 3.8) is 0 Å². The first kappa shape index (κ1) is 21.2. The number of hydrogen-bond acceptors (Lipinski definition) is 8. The number of aromatic nitrogens is 2. The second kappa shape index (κ2) is 7.47. The second-order valence-electron chi connectivity index (χ2n) is 8.13. The van der Waals surface area contributed by atoms with Gasteiger partial charge in [-0.25, -0.2) is 0 Å². The van der Waals surface area contributed by atoms with Crippen LogP contribution in [-0.4, -0.2) is 62.5 Å². The highest BCUT2D eigenvalue weighted by molar-refractivity contribution is 5.87. The fraction of sp³-hybridized carbons (Fsp3) is 0.400. The number of ether oxygens (including phenoxy) is 1. The number of hydrazone groups is 1. The summed E-state index contributed by atoms with van der Waals surface area (Å²) in [6.07, 6.45) is -1.55. The van der Waals surface area contributed by atoms with E-state index in [1.807, 2.05) is 11.9 Å². The maximum atomic E-state index is 12.9. The lowest BCUT2D eigenvalue weighted by Crippen LogP contribution is -2.57. The summed E-state index contributed by atoms with van der Waals surface area (Å²) in [4.78, 5) is 16.3. The highest BCUT2D eigenvalue weighted by Gasteiger charge is 2.45. The number of benzene rings is 1. The molecule has 1 fully saturated rings. The van der Waals surface area contributed by atoms with Gasteiger partial charge in [0.1, 0.15) is 17.5 Å². The molecule has 0 amide bonds. The lowest BCUT2D eigenvalue weighted by atomic mass is 10.1. The van der Waals surface area contributed by atoms with Crippen LogP contribution in [0, 0.1) is 10.1 Å². The van der Waals surface area contributed by atoms with Gasteiger partial charge >= 0.3 is 18.0 Å². The highest BCUT2D eigenvalue weighted by Crippen LogP contribution is 2.34. The Morgan fingerprint density at radius 2 is 2.00 bits per heavy atom. The highest BCUT2D eigenvalue weighted by atomic mass is 19.4. The summed E-state index contributed by atoms with van der Waals surface area (Å²) in [7, 11) is 0. The Hall–Kier alpha value is -3.61. The molecule has 0 aliphatic carbocycles. The monoisotopic (exact) mass is 464 g/mol. The van der Waals surface area contributed by atoms with Crippen molar-refractivity contribution >= 4 is 23.0 Å². The van der Waals surface area contributed by atoms with Gasteiger partial charge in [-0.3, -0.25) is 14.5 Å². The molecule has 5 rings (SSSR count). The SMILES string of the molecule is CC1(N2CCN(/N=C/c3cc4cc(C(F)(F)F)ccc4o3)CC2)Cn2cc([N+](=O)[O-])nc2O1. The molecule has 0 N–H and O–H groups in total. The van der Waals surface area contributed by atoms with Crippen molar-refractivity contribution in [3.05, 3.63) is 51.9 Å². The van der Waals surface area contributed by atoms with Crippen LogP contribution in [0.1, 0.15) is 18.2 Å². The zero-order valence-corrected chi connectivity index (χ0v) is 17.4. The van der Waals surface area contributed by atoms with E-state index in [2.05, 4.69) is 15.0 Å². The maximum absolute atomic E-state index is 12.9. The number of alkyl halides is 3. The Morgan fingerprint density at radius 3 is 2.67 bits per heavy atom. The third kappa shape index (κ3) is 3.99. The fourth-order valence-corrected chi connectivity index (χ4v) is 4.10. The van der Waals surface area contributed by atoms with E-state index >= 15 is 0 Å². The van der Waals surface area contributed by atoms with Gasteiger partial charge in [-0.2, -0.15) is 18.3 Å². The van der Waals surface area contributed by atoms with Gasteiger partial charge < -0.3 is 19.3 Å². The molecule has 0 radical (unpaired) electrons. The van der Waals surface area contributed by atoms with Crippen LogP contribution < -0.4 is 4.74 Å². The number of nitrogens with zero attached hydrogens (tertiary/aromatic N) is 6. The van der Waals surface area contributed by atoms with E-state index < -0.39 is 22.4 Å². The quantitative estimate of drug-likeness (QED) is 0.332. The van der Waals surface area contributed by atoms with Crippen molar-refractivity contribution in [2.75, 3.05) is 26.2 Å². The molecule has 4 heterocycles. The molecule has 1 saturated heterocycles. The number of halogens is 3. The largest absolute Gasteiger partial charge is 0.455 e. The molecule has 33 heavy (non-hydrogen) atoms. The van der Waals surface area contributed by atoms with Crippen LogP contribution in [0.5, 0.6) is 6.01 Å². The van der Waals surface area contributed by atoms with E-state index in [4.69, 9.17) is 9.15 Å². The van der Waals surface area contributed by atoms with Gasteiger partial charge in [-0.15, -0.1) is 0 Å². The van der Waals surface area contributed by atoms with E-state index in [-0.39, 0.29) is 11.8 Å². The summed E-state index contributed by atoms with van der Waals surface area (Å²) in [6.45, 7) is 4.79. The van der Waals surface area contributed by atoms with E-state index in [9.17, 15) is 23.3 Å². The van der Waals surface area contributed by atoms with Gasteiger partial charge in [0, 0.05) is 36.5 Å². The van der Waals surface area contributed by atoms with Crippen LogP contribution in [0.2, 0.25) is 0 Å². The molecule has 2 aliphatic heterocycles. The molecule has 3 aromatic rings. The third-order valence-electron chi connectivity index (χ3n) is 5.83. The summed E-state index contributed by atoms with van der Waals surface area (Å²) in [5.41, 5.74) is -1.03. The number of hydrogen-bond donors (Lipinski definition) is 0. The molecule has 13 heteroatoms. The average Bonchev–Trinajstić information content (AvgIpc) is 3.42. The fourth-order valence-electron chi connectivity index (χ4n) is 4.10. The van der Waals surface area contributed by atoms with Gasteiger partial charge in [-0.1, -0.05) is 0 Å². The van der Waals surface area contributed by atoms with Gasteiger partial charge in [-0.05, 0) is 36.1 Å². The third-order valence-corrected chi connectivity index (χ3v) is 5.83. The lowest BCUT2D eigenvalue weighted by molar-refractivity contribution is -0.389. The summed E-state index contributed by atoms with van der Waals surface area (Å²) in [6, 6.07) is 5.09. The second-order valence-corrected chi connectivity index (χ2v) is 8.13. The maximum Gasteiger partial charge on any atom is 0.416 e.